The number of nitrogens with one attached hydrogen (secondary N) is 1. The van der Waals surface area contributed by atoms with Gasteiger partial charge in [0, 0.05) is 25.0 Å². The topological polar surface area (TPSA) is 83.8 Å². The lowest BCUT2D eigenvalue weighted by atomic mass is 10.3. The fraction of sp³-hybridized carbons (Fsp3) is 0.412. The Labute approximate surface area is 145 Å². The Morgan fingerprint density at radius 1 is 1.36 bits per heavy atom. The van der Waals surface area contributed by atoms with Crippen molar-refractivity contribution in [3.05, 3.63) is 36.7 Å². The molecule has 25 heavy (non-hydrogen) atoms. The lowest BCUT2D eigenvalue weighted by molar-refractivity contribution is -0.127. The third-order valence-electron chi connectivity index (χ3n) is 3.60. The lowest BCUT2D eigenvalue weighted by Gasteiger charge is -2.15. The van der Waals surface area contributed by atoms with Gasteiger partial charge >= 0.3 is 0 Å². The molecule has 0 saturated heterocycles. The van der Waals surface area contributed by atoms with Crippen LogP contribution in [0, 0.1) is 0 Å². The van der Waals surface area contributed by atoms with E-state index >= 15 is 0 Å². The summed E-state index contributed by atoms with van der Waals surface area (Å²) in [4.78, 5) is 12.0. The zero-order chi connectivity index (χ0) is 17.5. The molecule has 134 valence electrons. The Bertz CT molecular complexity index is 690. The van der Waals surface area contributed by atoms with Crippen molar-refractivity contribution in [1.82, 2.24) is 15.1 Å². The molecule has 0 aliphatic carbocycles. The number of carbonyl (C=O) groups is 1. The van der Waals surface area contributed by atoms with E-state index in [9.17, 15) is 4.79 Å². The van der Waals surface area contributed by atoms with Crippen LogP contribution in [-0.2, 0) is 16.1 Å². The maximum Gasteiger partial charge on any atom is 0.260 e. The Hall–Kier alpha value is -2.74. The summed E-state index contributed by atoms with van der Waals surface area (Å²) in [5, 5.41) is 6.86. The summed E-state index contributed by atoms with van der Waals surface area (Å²) in [6.45, 7) is 3.98. The van der Waals surface area contributed by atoms with Gasteiger partial charge in [0.25, 0.3) is 5.91 Å². The summed E-state index contributed by atoms with van der Waals surface area (Å²) in [6.07, 6.45) is 2.98. The standard InChI is InChI=1S/C17H21N3O5/c1-13(25-14-3-4-15-16(11-14)24-12-23-15)17(21)18-6-9-22-10-8-20-7-2-5-19-20/h2-5,7,11,13H,6,8-10,12H2,1H3,(H,18,21)/t13-/m1/s1. The zero-order valence-corrected chi connectivity index (χ0v) is 14.0. The number of fused-ring (bicyclic) bond motifs is 1. The highest BCUT2D eigenvalue weighted by molar-refractivity contribution is 5.80. The summed E-state index contributed by atoms with van der Waals surface area (Å²) >= 11 is 0. The molecule has 0 saturated carbocycles. The van der Waals surface area contributed by atoms with Crippen LogP contribution in [0.2, 0.25) is 0 Å². The van der Waals surface area contributed by atoms with Crippen LogP contribution >= 0.6 is 0 Å². The molecule has 1 aliphatic rings. The second-order valence-electron chi connectivity index (χ2n) is 5.45. The number of hydrogen-bond donors (Lipinski definition) is 1. The van der Waals surface area contributed by atoms with Crippen molar-refractivity contribution in [2.45, 2.75) is 19.6 Å². The molecule has 1 N–H and O–H groups in total. The van der Waals surface area contributed by atoms with Gasteiger partial charge < -0.3 is 24.3 Å². The number of ether oxygens (including phenoxy) is 4. The molecule has 2 aromatic rings. The van der Waals surface area contributed by atoms with Crippen LogP contribution < -0.4 is 19.5 Å². The Balaban J connectivity index is 1.32. The van der Waals surface area contributed by atoms with Gasteiger partial charge in [0.1, 0.15) is 5.75 Å². The quantitative estimate of drug-likeness (QED) is 0.687. The molecule has 1 aromatic carbocycles. The van der Waals surface area contributed by atoms with Crippen LogP contribution in [0.3, 0.4) is 0 Å². The van der Waals surface area contributed by atoms with E-state index in [4.69, 9.17) is 18.9 Å². The molecule has 8 heteroatoms. The molecule has 1 aliphatic heterocycles. The largest absolute Gasteiger partial charge is 0.481 e. The van der Waals surface area contributed by atoms with Gasteiger partial charge in [-0.25, -0.2) is 0 Å². The van der Waals surface area contributed by atoms with Gasteiger partial charge in [-0.15, -0.1) is 0 Å². The molecule has 3 rings (SSSR count). The number of aromatic nitrogens is 2. The summed E-state index contributed by atoms with van der Waals surface area (Å²) in [5.74, 6) is 1.66. The van der Waals surface area contributed by atoms with Crippen molar-refractivity contribution in [2.24, 2.45) is 0 Å². The first-order valence-electron chi connectivity index (χ1n) is 8.11. The predicted octanol–water partition coefficient (Wildman–Crippen LogP) is 1.21. The predicted molar refractivity (Wildman–Crippen MR) is 88.7 cm³/mol. The third kappa shape index (κ3) is 4.87. The molecular weight excluding hydrogens is 326 g/mol. The highest BCUT2D eigenvalue weighted by atomic mass is 16.7. The van der Waals surface area contributed by atoms with Crippen LogP contribution in [0.25, 0.3) is 0 Å². The average Bonchev–Trinajstić information content (AvgIpc) is 3.28. The Morgan fingerprint density at radius 2 is 2.24 bits per heavy atom. The van der Waals surface area contributed by atoms with Crippen LogP contribution in [-0.4, -0.2) is 48.3 Å². The first kappa shape index (κ1) is 17.1. The van der Waals surface area contributed by atoms with E-state index < -0.39 is 6.10 Å². The highest BCUT2D eigenvalue weighted by Crippen LogP contribution is 2.35. The SMILES string of the molecule is C[C@@H](Oc1ccc2c(c1)OCO2)C(=O)NCCOCCn1cccn1. The van der Waals surface area contributed by atoms with E-state index in [2.05, 4.69) is 10.4 Å². The van der Waals surface area contributed by atoms with Gasteiger partial charge in [0.2, 0.25) is 6.79 Å². The summed E-state index contributed by atoms with van der Waals surface area (Å²) in [5.41, 5.74) is 0. The van der Waals surface area contributed by atoms with Gasteiger partial charge in [-0.2, -0.15) is 5.10 Å². The fourth-order valence-electron chi connectivity index (χ4n) is 2.29. The van der Waals surface area contributed by atoms with Gasteiger partial charge in [-0.05, 0) is 25.1 Å². The van der Waals surface area contributed by atoms with E-state index in [1.54, 1.807) is 36.0 Å². The molecule has 0 unspecified atom stereocenters. The molecule has 8 nitrogen and oxygen atoms in total. The number of benzene rings is 1. The molecule has 1 amide bonds. The van der Waals surface area contributed by atoms with E-state index in [0.29, 0.717) is 43.6 Å². The molecule has 0 fully saturated rings. The number of hydrogen-bond acceptors (Lipinski definition) is 6. The van der Waals surface area contributed by atoms with Crippen molar-refractivity contribution in [1.29, 1.82) is 0 Å². The molecule has 0 spiro atoms. The monoisotopic (exact) mass is 347 g/mol. The minimum absolute atomic E-state index is 0.201. The van der Waals surface area contributed by atoms with Crippen LogP contribution in [0.4, 0.5) is 0 Å². The van der Waals surface area contributed by atoms with Gasteiger partial charge in [-0.1, -0.05) is 0 Å². The molecule has 0 radical (unpaired) electrons. The highest BCUT2D eigenvalue weighted by Gasteiger charge is 2.17. The van der Waals surface area contributed by atoms with Crippen LogP contribution in [0.5, 0.6) is 17.2 Å². The second kappa shape index (κ2) is 8.39. The van der Waals surface area contributed by atoms with Gasteiger partial charge in [-0.3, -0.25) is 9.48 Å². The molecule has 1 aromatic heterocycles. The van der Waals surface area contributed by atoms with Crippen molar-refractivity contribution >= 4 is 5.91 Å². The normalized spacial score (nSPS) is 13.5. The lowest BCUT2D eigenvalue weighted by Crippen LogP contribution is -2.38. The van der Waals surface area contributed by atoms with E-state index in [1.165, 1.54) is 0 Å². The van der Waals surface area contributed by atoms with E-state index in [0.717, 1.165) is 0 Å². The zero-order valence-electron chi connectivity index (χ0n) is 14.0. The maximum atomic E-state index is 12.0. The minimum atomic E-state index is -0.621. The van der Waals surface area contributed by atoms with Gasteiger partial charge in [0.15, 0.2) is 17.6 Å². The number of carbonyl (C=O) groups excluding carboxylic acids is 1. The molecule has 1 atom stereocenters. The maximum absolute atomic E-state index is 12.0. The van der Waals surface area contributed by atoms with E-state index in [-0.39, 0.29) is 12.7 Å². The van der Waals surface area contributed by atoms with Crippen molar-refractivity contribution in [2.75, 3.05) is 26.6 Å². The summed E-state index contributed by atoms with van der Waals surface area (Å²) in [7, 11) is 0. The number of nitrogens with zero attached hydrogens (tertiary/aromatic N) is 2. The fourth-order valence-corrected chi connectivity index (χ4v) is 2.29. The number of rotatable bonds is 9. The summed E-state index contributed by atoms with van der Waals surface area (Å²) in [6, 6.07) is 7.08. The van der Waals surface area contributed by atoms with Crippen LogP contribution in [0.1, 0.15) is 6.92 Å². The average molecular weight is 347 g/mol. The first-order valence-corrected chi connectivity index (χ1v) is 8.11. The van der Waals surface area contributed by atoms with Crippen LogP contribution in [0.15, 0.2) is 36.7 Å². The Kier molecular flexibility index (Phi) is 5.73. The van der Waals surface area contributed by atoms with Gasteiger partial charge in [0.05, 0.1) is 19.8 Å². The minimum Gasteiger partial charge on any atom is -0.481 e. The Morgan fingerprint density at radius 3 is 3.08 bits per heavy atom. The van der Waals surface area contributed by atoms with E-state index in [1.807, 2.05) is 12.3 Å². The molecular formula is C17H21N3O5. The molecule has 0 bridgehead atoms. The second-order valence-corrected chi connectivity index (χ2v) is 5.45. The third-order valence-corrected chi connectivity index (χ3v) is 3.60. The molecule has 2 heterocycles. The smallest absolute Gasteiger partial charge is 0.260 e. The summed E-state index contributed by atoms with van der Waals surface area (Å²) < 4.78 is 23.4. The van der Waals surface area contributed by atoms with Crippen molar-refractivity contribution < 1.29 is 23.7 Å². The first-order chi connectivity index (χ1) is 12.2. The van der Waals surface area contributed by atoms with Crippen molar-refractivity contribution in [3.63, 3.8) is 0 Å². The number of amides is 1. The van der Waals surface area contributed by atoms with Crippen molar-refractivity contribution in [3.8, 4) is 17.2 Å².